The molecule has 0 amide bonds. The van der Waals surface area contributed by atoms with Gasteiger partial charge in [0.25, 0.3) is 5.69 Å². The molecule has 0 bridgehead atoms. The van der Waals surface area contributed by atoms with Gasteiger partial charge in [0, 0.05) is 16.6 Å². The number of nitro benzene ring substituents is 1. The predicted octanol–water partition coefficient (Wildman–Crippen LogP) is 3.20. The van der Waals surface area contributed by atoms with Gasteiger partial charge >= 0.3 is 5.97 Å². The third kappa shape index (κ3) is 3.54. The molecule has 0 saturated carbocycles. The molecular weight excluding hydrogens is 313 g/mol. The minimum atomic E-state index is -0.592. The number of hydrogen-bond acceptors (Lipinski definition) is 4. The number of carbonyl (C=O) groups is 1. The Morgan fingerprint density at radius 2 is 2.24 bits per heavy atom. The summed E-state index contributed by atoms with van der Waals surface area (Å²) < 4.78 is 4.90. The molecule has 1 aromatic rings. The minimum Gasteiger partial charge on any atom is -0.466 e. The number of ether oxygens (including phenoxy) is 1. The summed E-state index contributed by atoms with van der Waals surface area (Å²) in [6.45, 7) is 0. The standard InChI is InChI=1S/C10H7BrClNO4/c1-17-10(14)3-2-6-4-7(11)8(12)5-9(6)13(15)16/h2-5H,1H3. The largest absolute Gasteiger partial charge is 0.466 e. The molecule has 0 saturated heterocycles. The van der Waals surface area contributed by atoms with Crippen LogP contribution in [0.1, 0.15) is 5.56 Å². The van der Waals surface area contributed by atoms with Crippen LogP contribution in [0.4, 0.5) is 5.69 Å². The number of nitrogens with zero attached hydrogens (tertiary/aromatic N) is 1. The Morgan fingerprint density at radius 1 is 1.59 bits per heavy atom. The van der Waals surface area contributed by atoms with Gasteiger partial charge in [0.15, 0.2) is 0 Å². The molecule has 0 spiro atoms. The molecule has 0 aliphatic carbocycles. The van der Waals surface area contributed by atoms with Gasteiger partial charge < -0.3 is 4.74 Å². The van der Waals surface area contributed by atoms with Gasteiger partial charge in [-0.3, -0.25) is 10.1 Å². The van der Waals surface area contributed by atoms with Crippen molar-refractivity contribution in [1.82, 2.24) is 0 Å². The van der Waals surface area contributed by atoms with E-state index in [2.05, 4.69) is 20.7 Å². The number of hydrogen-bond donors (Lipinski definition) is 0. The van der Waals surface area contributed by atoms with Gasteiger partial charge in [-0.1, -0.05) is 11.6 Å². The Kier molecular flexibility index (Phi) is 4.65. The first kappa shape index (κ1) is 13.7. The highest BCUT2D eigenvalue weighted by Gasteiger charge is 2.14. The second-order valence-electron chi connectivity index (χ2n) is 2.94. The van der Waals surface area contributed by atoms with E-state index in [-0.39, 0.29) is 16.3 Å². The van der Waals surface area contributed by atoms with E-state index in [0.717, 1.165) is 6.08 Å². The van der Waals surface area contributed by atoms with Crippen molar-refractivity contribution < 1.29 is 14.5 Å². The van der Waals surface area contributed by atoms with Crippen LogP contribution >= 0.6 is 27.5 Å². The van der Waals surface area contributed by atoms with Crippen molar-refractivity contribution in [2.24, 2.45) is 0 Å². The molecule has 0 radical (unpaired) electrons. The third-order valence-electron chi connectivity index (χ3n) is 1.87. The van der Waals surface area contributed by atoms with E-state index in [0.29, 0.717) is 4.47 Å². The molecule has 1 rings (SSSR count). The number of methoxy groups -OCH3 is 1. The van der Waals surface area contributed by atoms with Gasteiger partial charge in [0.2, 0.25) is 0 Å². The third-order valence-corrected chi connectivity index (χ3v) is 3.06. The zero-order chi connectivity index (χ0) is 13.0. The fraction of sp³-hybridized carbons (Fsp3) is 0.100. The fourth-order valence-corrected chi connectivity index (χ4v) is 1.59. The lowest BCUT2D eigenvalue weighted by molar-refractivity contribution is -0.385. The van der Waals surface area contributed by atoms with Crippen molar-refractivity contribution in [3.8, 4) is 0 Å². The molecule has 0 aliphatic heterocycles. The summed E-state index contributed by atoms with van der Waals surface area (Å²) in [5.74, 6) is -0.592. The molecule has 0 N–H and O–H groups in total. The van der Waals surface area contributed by atoms with Gasteiger partial charge in [0.05, 0.1) is 22.6 Å². The molecule has 1 aromatic carbocycles. The first-order valence-corrected chi connectivity index (χ1v) is 5.52. The molecule has 0 fully saturated rings. The number of carbonyl (C=O) groups excluding carboxylic acids is 1. The summed E-state index contributed by atoms with van der Waals surface area (Å²) in [5, 5.41) is 11.0. The number of rotatable bonds is 3. The maximum atomic E-state index is 10.9. The Hall–Kier alpha value is -1.40. The van der Waals surface area contributed by atoms with E-state index in [9.17, 15) is 14.9 Å². The summed E-state index contributed by atoms with van der Waals surface area (Å²) in [5.41, 5.74) is 0.0787. The second-order valence-corrected chi connectivity index (χ2v) is 4.20. The Labute approximate surface area is 110 Å². The molecule has 0 heterocycles. The SMILES string of the molecule is COC(=O)C=Cc1cc(Br)c(Cl)cc1[N+](=O)[O-]. The zero-order valence-electron chi connectivity index (χ0n) is 8.65. The van der Waals surface area contributed by atoms with Gasteiger partial charge in [-0.25, -0.2) is 4.79 Å². The van der Waals surface area contributed by atoms with Gasteiger partial charge in [-0.05, 0) is 28.1 Å². The molecular formula is C10H7BrClNO4. The van der Waals surface area contributed by atoms with Crippen LogP contribution in [0, 0.1) is 10.1 Å². The van der Waals surface area contributed by atoms with E-state index < -0.39 is 10.9 Å². The van der Waals surface area contributed by atoms with Gasteiger partial charge in [0.1, 0.15) is 0 Å². The molecule has 17 heavy (non-hydrogen) atoms. The van der Waals surface area contributed by atoms with Crippen molar-refractivity contribution in [2.75, 3.05) is 7.11 Å². The molecule has 0 unspecified atom stereocenters. The van der Waals surface area contributed by atoms with Crippen molar-refractivity contribution >= 4 is 45.3 Å². The smallest absolute Gasteiger partial charge is 0.330 e. The Balaban J connectivity index is 3.22. The van der Waals surface area contributed by atoms with E-state index in [4.69, 9.17) is 11.6 Å². The Bertz CT molecular complexity index is 501. The van der Waals surface area contributed by atoms with Crippen LogP contribution in [-0.4, -0.2) is 18.0 Å². The zero-order valence-corrected chi connectivity index (χ0v) is 11.0. The van der Waals surface area contributed by atoms with Crippen molar-refractivity contribution in [3.05, 3.63) is 43.4 Å². The van der Waals surface area contributed by atoms with Crippen molar-refractivity contribution in [3.63, 3.8) is 0 Å². The minimum absolute atomic E-state index is 0.182. The maximum Gasteiger partial charge on any atom is 0.330 e. The summed E-state index contributed by atoms with van der Waals surface area (Å²) >= 11 is 8.90. The highest BCUT2D eigenvalue weighted by atomic mass is 79.9. The van der Waals surface area contributed by atoms with Crippen LogP contribution in [0.3, 0.4) is 0 Å². The molecule has 0 aliphatic rings. The van der Waals surface area contributed by atoms with Gasteiger partial charge in [-0.2, -0.15) is 0 Å². The lowest BCUT2D eigenvalue weighted by atomic mass is 10.1. The number of benzene rings is 1. The summed E-state index contributed by atoms with van der Waals surface area (Å²) in [6, 6.07) is 2.67. The molecule has 0 aromatic heterocycles. The maximum absolute atomic E-state index is 10.9. The summed E-state index contributed by atoms with van der Waals surface area (Å²) in [7, 11) is 1.22. The Morgan fingerprint density at radius 3 is 2.76 bits per heavy atom. The molecule has 5 nitrogen and oxygen atoms in total. The normalized spacial score (nSPS) is 10.5. The van der Waals surface area contributed by atoms with Crippen molar-refractivity contribution in [1.29, 1.82) is 0 Å². The van der Waals surface area contributed by atoms with E-state index in [1.54, 1.807) is 0 Å². The monoisotopic (exact) mass is 319 g/mol. The van der Waals surface area contributed by atoms with E-state index in [1.807, 2.05) is 0 Å². The van der Waals surface area contributed by atoms with Crippen LogP contribution in [0.5, 0.6) is 0 Å². The van der Waals surface area contributed by atoms with Crippen LogP contribution in [-0.2, 0) is 9.53 Å². The highest BCUT2D eigenvalue weighted by Crippen LogP contribution is 2.31. The predicted molar refractivity (Wildman–Crippen MR) is 66.9 cm³/mol. The summed E-state index contributed by atoms with van der Waals surface area (Å²) in [6.07, 6.45) is 2.40. The highest BCUT2D eigenvalue weighted by molar-refractivity contribution is 9.10. The second kappa shape index (κ2) is 5.79. The first-order valence-electron chi connectivity index (χ1n) is 4.35. The van der Waals surface area contributed by atoms with Crippen LogP contribution in [0.2, 0.25) is 5.02 Å². The topological polar surface area (TPSA) is 69.4 Å². The first-order chi connectivity index (χ1) is 7.95. The lowest BCUT2D eigenvalue weighted by Gasteiger charge is -2.01. The molecule has 90 valence electrons. The lowest BCUT2D eigenvalue weighted by Crippen LogP contribution is -1.95. The molecule has 7 heteroatoms. The molecule has 0 atom stereocenters. The van der Waals surface area contributed by atoms with Gasteiger partial charge in [-0.15, -0.1) is 0 Å². The van der Waals surface area contributed by atoms with Crippen LogP contribution < -0.4 is 0 Å². The fourth-order valence-electron chi connectivity index (χ4n) is 1.07. The number of halogens is 2. The van der Waals surface area contributed by atoms with E-state index >= 15 is 0 Å². The van der Waals surface area contributed by atoms with E-state index in [1.165, 1.54) is 25.3 Å². The van der Waals surface area contributed by atoms with Crippen LogP contribution in [0.25, 0.3) is 6.08 Å². The van der Waals surface area contributed by atoms with Crippen molar-refractivity contribution in [2.45, 2.75) is 0 Å². The number of esters is 1. The van der Waals surface area contributed by atoms with Crippen LogP contribution in [0.15, 0.2) is 22.7 Å². The average Bonchev–Trinajstić information content (AvgIpc) is 2.29. The summed E-state index contributed by atoms with van der Waals surface area (Å²) in [4.78, 5) is 21.1. The number of nitro groups is 1. The average molecular weight is 321 g/mol. The quantitative estimate of drug-likeness (QED) is 0.371.